The fraction of sp³-hybridized carbons (Fsp3) is 0.800. The van der Waals surface area contributed by atoms with Crippen LogP contribution in [0.3, 0.4) is 0 Å². The van der Waals surface area contributed by atoms with E-state index in [1.165, 1.54) is 0 Å². The number of alkyl halides is 8. The van der Waals surface area contributed by atoms with E-state index in [2.05, 4.69) is 10.5 Å². The molecule has 1 rings (SSSR count). The van der Waals surface area contributed by atoms with Crippen LogP contribution in [0.1, 0.15) is 0 Å². The Morgan fingerprint density at radius 1 is 1.12 bits per heavy atom. The first-order chi connectivity index (χ1) is 6.98. The number of nitrogens with one attached hydrogen (secondary N) is 1. The maximum absolute atomic E-state index is 12.5. The Morgan fingerprint density at radius 3 is 2.00 bits per heavy atom. The molecular formula is C5H3Cl5F3N3. The van der Waals surface area contributed by atoms with Crippen molar-refractivity contribution in [3.05, 3.63) is 0 Å². The summed E-state index contributed by atoms with van der Waals surface area (Å²) in [6.45, 7) is -0.652. The summed E-state index contributed by atoms with van der Waals surface area (Å²) in [6.07, 6.45) is -4.73. The summed E-state index contributed by atoms with van der Waals surface area (Å²) in [5.74, 6) is -0.816. The second-order valence-corrected chi connectivity index (χ2v) is 6.33. The van der Waals surface area contributed by atoms with E-state index in [1.807, 2.05) is 0 Å². The summed E-state index contributed by atoms with van der Waals surface area (Å²) >= 11 is 27.3. The molecular weight excluding hydrogens is 336 g/mol. The minimum Gasteiger partial charge on any atom is -0.288 e. The highest BCUT2D eigenvalue weighted by Crippen LogP contribution is 2.48. The van der Waals surface area contributed by atoms with Crippen LogP contribution >= 0.6 is 58.0 Å². The molecule has 94 valence electrons. The van der Waals surface area contributed by atoms with Gasteiger partial charge in [-0.2, -0.15) is 5.10 Å². The second-order valence-electron chi connectivity index (χ2n) is 2.72. The Morgan fingerprint density at radius 2 is 1.62 bits per heavy atom. The zero-order valence-electron chi connectivity index (χ0n) is 7.13. The smallest absolute Gasteiger partial charge is 0.288 e. The van der Waals surface area contributed by atoms with Crippen molar-refractivity contribution < 1.29 is 13.2 Å². The van der Waals surface area contributed by atoms with E-state index < -0.39 is 26.9 Å². The van der Waals surface area contributed by atoms with Gasteiger partial charge in [-0.1, -0.05) is 58.0 Å². The quantitative estimate of drug-likeness (QED) is 0.587. The number of hydrogen-bond acceptors (Lipinski definition) is 3. The first-order valence-electron chi connectivity index (χ1n) is 3.58. The molecule has 1 heterocycles. The summed E-state index contributed by atoms with van der Waals surface area (Å²) in [6, 6.07) is 0. The van der Waals surface area contributed by atoms with Gasteiger partial charge in [0.1, 0.15) is 6.67 Å². The lowest BCUT2D eigenvalue weighted by molar-refractivity contribution is -0.216. The maximum atomic E-state index is 12.5. The summed E-state index contributed by atoms with van der Waals surface area (Å²) in [5, 5.41) is 3.28. The van der Waals surface area contributed by atoms with Gasteiger partial charge in [-0.3, -0.25) is 5.43 Å². The van der Waals surface area contributed by atoms with Gasteiger partial charge in [0.2, 0.25) is 8.13 Å². The van der Waals surface area contributed by atoms with Gasteiger partial charge in [0.25, 0.3) is 0 Å². The lowest BCUT2D eigenvalue weighted by Gasteiger charge is -2.32. The first kappa shape index (κ1) is 14.6. The summed E-state index contributed by atoms with van der Waals surface area (Å²) < 4.78 is 32.7. The van der Waals surface area contributed by atoms with Crippen molar-refractivity contribution in [2.75, 3.05) is 6.67 Å². The second kappa shape index (κ2) is 4.31. The van der Waals surface area contributed by atoms with Crippen LogP contribution in [0.5, 0.6) is 0 Å². The zero-order chi connectivity index (χ0) is 12.8. The van der Waals surface area contributed by atoms with Gasteiger partial charge in [-0.15, -0.1) is 13.2 Å². The highest BCUT2D eigenvalue weighted by Gasteiger charge is 2.57. The summed E-state index contributed by atoms with van der Waals surface area (Å²) in [7, 11) is 0. The van der Waals surface area contributed by atoms with Crippen molar-refractivity contribution in [1.29, 1.82) is 0 Å². The average molecular weight is 339 g/mol. The van der Waals surface area contributed by atoms with Crippen LogP contribution < -0.4 is 5.43 Å². The van der Waals surface area contributed by atoms with Gasteiger partial charge < -0.3 is 0 Å². The molecule has 0 spiro atoms. The molecule has 1 aliphatic rings. The molecule has 0 fully saturated rings. The van der Waals surface area contributed by atoms with E-state index in [4.69, 9.17) is 58.0 Å². The molecule has 0 aromatic heterocycles. The van der Waals surface area contributed by atoms with E-state index in [0.717, 1.165) is 0 Å². The van der Waals surface area contributed by atoms with Gasteiger partial charge in [-0.25, -0.2) is 4.90 Å². The van der Waals surface area contributed by atoms with Crippen molar-refractivity contribution in [1.82, 2.24) is 10.3 Å². The van der Waals surface area contributed by atoms with Crippen molar-refractivity contribution in [3.8, 4) is 0 Å². The number of hydrazone groups is 1. The molecule has 0 aliphatic carbocycles. The first-order valence-corrected chi connectivity index (χ1v) is 5.47. The van der Waals surface area contributed by atoms with Crippen LogP contribution in [-0.4, -0.2) is 31.8 Å². The summed E-state index contributed by atoms with van der Waals surface area (Å²) in [4.78, 5) is -0.158. The van der Waals surface area contributed by atoms with Gasteiger partial charge in [-0.05, 0) is 0 Å². The molecule has 0 amide bonds. The molecule has 11 heteroatoms. The van der Waals surface area contributed by atoms with Gasteiger partial charge in [0.15, 0.2) is 5.84 Å². The van der Waals surface area contributed by atoms with Gasteiger partial charge in [0, 0.05) is 0 Å². The van der Waals surface area contributed by atoms with E-state index >= 15 is 0 Å². The normalized spacial score (nSPS) is 18.5. The Bertz CT molecular complexity index is 309. The topological polar surface area (TPSA) is 27.6 Å². The molecule has 0 bridgehead atoms. The molecule has 16 heavy (non-hydrogen) atoms. The fourth-order valence-corrected chi connectivity index (χ4v) is 1.43. The van der Waals surface area contributed by atoms with E-state index in [1.54, 1.807) is 0 Å². The van der Waals surface area contributed by atoms with E-state index in [-0.39, 0.29) is 4.90 Å². The molecule has 1 aliphatic heterocycles. The van der Waals surface area contributed by atoms with Crippen LogP contribution in [-0.2, 0) is 0 Å². The predicted octanol–water partition coefficient (Wildman–Crippen LogP) is 3.23. The number of hydrogen-bond donors (Lipinski definition) is 1. The van der Waals surface area contributed by atoms with Crippen LogP contribution in [0.4, 0.5) is 13.2 Å². The molecule has 1 N–H and O–H groups in total. The molecule has 0 saturated carbocycles. The standard InChI is InChI=1S/C5H3Cl5F3N3/c6-3(7,4(8,9)10)2-15-14-1-16(2)5(11,12)13/h14H,1H2. The zero-order valence-corrected chi connectivity index (χ0v) is 10.9. The minimum atomic E-state index is -4.73. The SMILES string of the molecule is FC(F)(F)N1CNN=C1C(Cl)(Cl)C(Cl)(Cl)Cl. The Balaban J connectivity index is 3.05. The molecule has 0 saturated heterocycles. The molecule has 0 aromatic carbocycles. The largest absolute Gasteiger partial charge is 0.487 e. The predicted molar refractivity (Wildman–Crippen MR) is 58.1 cm³/mol. The maximum Gasteiger partial charge on any atom is 0.487 e. The molecule has 0 atom stereocenters. The highest BCUT2D eigenvalue weighted by atomic mass is 35.6. The van der Waals surface area contributed by atoms with Gasteiger partial charge >= 0.3 is 6.30 Å². The van der Waals surface area contributed by atoms with Gasteiger partial charge in [0.05, 0.1) is 0 Å². The number of nitrogens with zero attached hydrogens (tertiary/aromatic N) is 2. The van der Waals surface area contributed by atoms with Crippen molar-refractivity contribution in [2.45, 2.75) is 14.4 Å². The van der Waals surface area contributed by atoms with Crippen LogP contribution in [0.25, 0.3) is 0 Å². The van der Waals surface area contributed by atoms with E-state index in [0.29, 0.717) is 0 Å². The van der Waals surface area contributed by atoms with Crippen LogP contribution in [0.15, 0.2) is 5.10 Å². The van der Waals surface area contributed by atoms with Crippen molar-refractivity contribution in [2.24, 2.45) is 5.10 Å². The fourth-order valence-electron chi connectivity index (χ4n) is 0.892. The molecule has 3 nitrogen and oxygen atoms in total. The number of rotatable bonds is 1. The Labute approximate surface area is 113 Å². The molecule has 0 radical (unpaired) electrons. The highest BCUT2D eigenvalue weighted by molar-refractivity contribution is 6.79. The van der Waals surface area contributed by atoms with E-state index in [9.17, 15) is 13.2 Å². The third-order valence-electron chi connectivity index (χ3n) is 1.61. The monoisotopic (exact) mass is 337 g/mol. The number of amidine groups is 1. The molecule has 0 unspecified atom stereocenters. The Kier molecular flexibility index (Phi) is 3.93. The van der Waals surface area contributed by atoms with Crippen LogP contribution in [0, 0.1) is 0 Å². The number of halogens is 8. The average Bonchev–Trinajstić information content (AvgIpc) is 2.47. The lowest BCUT2D eigenvalue weighted by Crippen LogP contribution is -2.52. The third-order valence-corrected chi connectivity index (χ3v) is 3.95. The Hall–Kier alpha value is 0.510. The summed E-state index contributed by atoms with van der Waals surface area (Å²) in [5.41, 5.74) is 2.06. The minimum absolute atomic E-state index is 0.158. The lowest BCUT2D eigenvalue weighted by atomic mass is 10.4. The van der Waals surface area contributed by atoms with Crippen molar-refractivity contribution >= 4 is 63.8 Å². The third kappa shape index (κ3) is 2.67. The van der Waals surface area contributed by atoms with Crippen LogP contribution in [0.2, 0.25) is 0 Å². The van der Waals surface area contributed by atoms with Crippen molar-refractivity contribution in [3.63, 3.8) is 0 Å². The molecule has 0 aromatic rings.